The Labute approximate surface area is 233 Å². The number of rotatable bonds is 8. The fraction of sp³-hybridized carbons (Fsp3) is 0.226. The topological polar surface area (TPSA) is 64.6 Å². The zero-order chi connectivity index (χ0) is 28.4. The van der Waals surface area contributed by atoms with Crippen LogP contribution in [0.25, 0.3) is 21.6 Å². The summed E-state index contributed by atoms with van der Waals surface area (Å²) in [6.45, 7) is 3.68. The maximum absolute atomic E-state index is 14.2. The summed E-state index contributed by atoms with van der Waals surface area (Å²) in [5.41, 5.74) is 3.51. The van der Waals surface area contributed by atoms with Crippen LogP contribution in [0.5, 0.6) is 0 Å². The van der Waals surface area contributed by atoms with Gasteiger partial charge in [0.05, 0.1) is 22.6 Å². The lowest BCUT2D eigenvalue weighted by atomic mass is 9.93. The standard InChI is InChI=1S/C31H26F3NO4S/c1-3-38-29(36)31(14-15-31)23-11-8-20(9-12-23)19-4-6-21(7-5-19)28-26(17-27(34)40-28)35-30(37)39-18(2)22-10-13-24(32)25(33)16-22/h4-13,16-18H,3,14-15H2,1-2H3,(H,35,37). The molecule has 5 rings (SSSR count). The zero-order valence-electron chi connectivity index (χ0n) is 21.8. The molecule has 0 radical (unpaired) electrons. The van der Waals surface area contributed by atoms with Gasteiger partial charge in [-0.05, 0) is 66.6 Å². The van der Waals surface area contributed by atoms with E-state index in [2.05, 4.69) is 5.32 Å². The van der Waals surface area contributed by atoms with Gasteiger partial charge in [0.15, 0.2) is 16.8 Å². The molecular formula is C31H26F3NO4S. The Kier molecular flexibility index (Phi) is 7.67. The van der Waals surface area contributed by atoms with E-state index in [1.807, 2.05) is 48.5 Å². The number of halogens is 3. The summed E-state index contributed by atoms with van der Waals surface area (Å²) < 4.78 is 51.5. The van der Waals surface area contributed by atoms with Crippen LogP contribution < -0.4 is 5.32 Å². The second-order valence-electron chi connectivity index (χ2n) is 9.60. The van der Waals surface area contributed by atoms with Gasteiger partial charge in [0.25, 0.3) is 0 Å². The molecular weight excluding hydrogens is 539 g/mol. The van der Waals surface area contributed by atoms with Crippen molar-refractivity contribution in [3.63, 3.8) is 0 Å². The number of amides is 1. The van der Waals surface area contributed by atoms with Gasteiger partial charge in [-0.2, -0.15) is 4.39 Å². The maximum Gasteiger partial charge on any atom is 0.412 e. The summed E-state index contributed by atoms with van der Waals surface area (Å²) in [5.74, 6) is -2.22. The quantitative estimate of drug-likeness (QED) is 0.218. The van der Waals surface area contributed by atoms with E-state index < -0.39 is 34.4 Å². The first-order valence-electron chi connectivity index (χ1n) is 12.8. The number of carbonyl (C=O) groups excluding carboxylic acids is 2. The second-order valence-corrected chi connectivity index (χ2v) is 10.6. The minimum Gasteiger partial charge on any atom is -0.465 e. The lowest BCUT2D eigenvalue weighted by Gasteiger charge is -2.15. The Hall–Kier alpha value is -4.11. The van der Waals surface area contributed by atoms with Crippen LogP contribution in [-0.2, 0) is 19.7 Å². The third kappa shape index (κ3) is 5.60. The van der Waals surface area contributed by atoms with Crippen molar-refractivity contribution in [2.75, 3.05) is 11.9 Å². The minimum atomic E-state index is -1.04. The predicted octanol–water partition coefficient (Wildman–Crippen LogP) is 8.40. The fourth-order valence-corrected chi connectivity index (χ4v) is 5.45. The number of ether oxygens (including phenoxy) is 2. The summed E-state index contributed by atoms with van der Waals surface area (Å²) in [7, 11) is 0. The van der Waals surface area contributed by atoms with E-state index in [1.165, 1.54) is 19.1 Å². The number of carbonyl (C=O) groups is 2. The van der Waals surface area contributed by atoms with Crippen molar-refractivity contribution >= 4 is 29.1 Å². The highest BCUT2D eigenvalue weighted by Crippen LogP contribution is 2.49. The smallest absolute Gasteiger partial charge is 0.412 e. The number of anilines is 1. The van der Waals surface area contributed by atoms with E-state index in [-0.39, 0.29) is 17.2 Å². The summed E-state index contributed by atoms with van der Waals surface area (Å²) in [6, 6.07) is 19.7. The molecule has 0 aliphatic heterocycles. The molecule has 1 fully saturated rings. The van der Waals surface area contributed by atoms with Crippen LogP contribution in [0.3, 0.4) is 0 Å². The molecule has 1 heterocycles. The summed E-state index contributed by atoms with van der Waals surface area (Å²) in [4.78, 5) is 25.4. The molecule has 0 bridgehead atoms. The van der Waals surface area contributed by atoms with Crippen LogP contribution in [0.4, 0.5) is 23.7 Å². The van der Waals surface area contributed by atoms with E-state index in [0.29, 0.717) is 17.0 Å². The van der Waals surface area contributed by atoms with Crippen LogP contribution >= 0.6 is 11.3 Å². The molecule has 5 nitrogen and oxygen atoms in total. The van der Waals surface area contributed by atoms with Gasteiger partial charge >= 0.3 is 12.1 Å². The molecule has 1 amide bonds. The Bertz CT molecular complexity index is 1550. The van der Waals surface area contributed by atoms with Gasteiger partial charge < -0.3 is 9.47 Å². The largest absolute Gasteiger partial charge is 0.465 e. The number of hydrogen-bond donors (Lipinski definition) is 1. The van der Waals surface area contributed by atoms with E-state index in [9.17, 15) is 22.8 Å². The maximum atomic E-state index is 14.2. The van der Waals surface area contributed by atoms with E-state index in [1.54, 1.807) is 6.92 Å². The lowest BCUT2D eigenvalue weighted by molar-refractivity contribution is -0.146. The van der Waals surface area contributed by atoms with E-state index in [4.69, 9.17) is 9.47 Å². The molecule has 1 aliphatic carbocycles. The first-order chi connectivity index (χ1) is 19.2. The highest BCUT2D eigenvalue weighted by atomic mass is 32.1. The van der Waals surface area contributed by atoms with Crippen molar-refractivity contribution in [1.82, 2.24) is 0 Å². The molecule has 1 aliphatic rings. The highest BCUT2D eigenvalue weighted by molar-refractivity contribution is 7.14. The number of hydrogen-bond acceptors (Lipinski definition) is 5. The molecule has 4 aromatic rings. The normalized spacial score (nSPS) is 14.3. The minimum absolute atomic E-state index is 0.178. The Morgan fingerprint density at radius 3 is 2.12 bits per heavy atom. The van der Waals surface area contributed by atoms with Crippen molar-refractivity contribution < 1.29 is 32.2 Å². The Morgan fingerprint density at radius 2 is 1.52 bits per heavy atom. The van der Waals surface area contributed by atoms with Crippen molar-refractivity contribution in [2.45, 2.75) is 38.2 Å². The molecule has 0 spiro atoms. The average molecular weight is 566 g/mol. The predicted molar refractivity (Wildman–Crippen MR) is 148 cm³/mol. The van der Waals surface area contributed by atoms with Gasteiger partial charge in [-0.15, -0.1) is 11.3 Å². The molecule has 1 aromatic heterocycles. The molecule has 206 valence electrons. The molecule has 3 aromatic carbocycles. The van der Waals surface area contributed by atoms with Gasteiger partial charge in [-0.25, -0.2) is 13.6 Å². The molecule has 1 atom stereocenters. The molecule has 1 N–H and O–H groups in total. The van der Waals surface area contributed by atoms with E-state index in [0.717, 1.165) is 53.0 Å². The highest BCUT2D eigenvalue weighted by Gasteiger charge is 2.52. The number of nitrogens with one attached hydrogen (secondary N) is 1. The number of esters is 1. The summed E-state index contributed by atoms with van der Waals surface area (Å²) in [5, 5.41) is 2.06. The number of benzene rings is 3. The van der Waals surface area contributed by atoms with Crippen LogP contribution in [0.1, 0.15) is 43.9 Å². The first-order valence-corrected chi connectivity index (χ1v) is 13.6. The third-order valence-corrected chi connectivity index (χ3v) is 7.94. The van der Waals surface area contributed by atoms with Crippen LogP contribution in [0, 0.1) is 16.8 Å². The fourth-order valence-electron chi connectivity index (χ4n) is 4.60. The van der Waals surface area contributed by atoms with Crippen LogP contribution in [0.2, 0.25) is 0 Å². The van der Waals surface area contributed by atoms with E-state index >= 15 is 0 Å². The van der Waals surface area contributed by atoms with Crippen LogP contribution in [0.15, 0.2) is 72.8 Å². The molecule has 9 heteroatoms. The monoisotopic (exact) mass is 565 g/mol. The first kappa shape index (κ1) is 27.5. The van der Waals surface area contributed by atoms with Crippen LogP contribution in [-0.4, -0.2) is 18.7 Å². The van der Waals surface area contributed by atoms with Gasteiger partial charge in [-0.1, -0.05) is 54.6 Å². The van der Waals surface area contributed by atoms with Gasteiger partial charge in [0.2, 0.25) is 0 Å². The molecule has 1 unspecified atom stereocenters. The molecule has 0 saturated heterocycles. The Balaban J connectivity index is 1.28. The van der Waals surface area contributed by atoms with Crippen molar-refractivity contribution in [3.05, 3.63) is 101 Å². The van der Waals surface area contributed by atoms with Gasteiger partial charge in [-0.3, -0.25) is 10.1 Å². The molecule has 40 heavy (non-hydrogen) atoms. The van der Waals surface area contributed by atoms with Crippen molar-refractivity contribution in [2.24, 2.45) is 0 Å². The zero-order valence-corrected chi connectivity index (χ0v) is 22.6. The Morgan fingerprint density at radius 1 is 0.900 bits per heavy atom. The van der Waals surface area contributed by atoms with Gasteiger partial charge in [0.1, 0.15) is 6.10 Å². The third-order valence-electron chi connectivity index (χ3n) is 6.97. The molecule has 1 saturated carbocycles. The SMILES string of the molecule is CCOC(=O)C1(c2ccc(-c3ccc(-c4sc(F)cc4NC(=O)OC(C)c4ccc(F)c(F)c4)cc3)cc2)CC1. The van der Waals surface area contributed by atoms with Crippen molar-refractivity contribution in [3.8, 4) is 21.6 Å². The lowest BCUT2D eigenvalue weighted by Crippen LogP contribution is -2.23. The van der Waals surface area contributed by atoms with Crippen molar-refractivity contribution in [1.29, 1.82) is 0 Å². The average Bonchev–Trinajstić information content (AvgIpc) is 3.68. The summed E-state index contributed by atoms with van der Waals surface area (Å²) in [6.07, 6.45) is -0.153. The second kappa shape index (κ2) is 11.2. The summed E-state index contributed by atoms with van der Waals surface area (Å²) >= 11 is 0.876. The van der Waals surface area contributed by atoms with Gasteiger partial charge in [0, 0.05) is 6.07 Å². The number of thiophene rings is 1.